The fourth-order valence-corrected chi connectivity index (χ4v) is 2.61. The van der Waals surface area contributed by atoms with Gasteiger partial charge in [-0.3, -0.25) is 0 Å². The molecule has 0 radical (unpaired) electrons. The SMILES string of the molecule is CCc1nc(Nc2cccc(Cl)c2)sc1C(=O)O. The minimum absolute atomic E-state index is 0.280. The number of benzene rings is 1. The summed E-state index contributed by atoms with van der Waals surface area (Å²) >= 11 is 7.00. The number of hydrogen-bond acceptors (Lipinski definition) is 4. The highest BCUT2D eigenvalue weighted by Crippen LogP contribution is 2.27. The lowest BCUT2D eigenvalue weighted by Gasteiger charge is -2.01. The molecule has 0 saturated heterocycles. The fraction of sp³-hybridized carbons (Fsp3) is 0.167. The van der Waals surface area contributed by atoms with Gasteiger partial charge in [-0.25, -0.2) is 9.78 Å². The van der Waals surface area contributed by atoms with Crippen LogP contribution in [0.25, 0.3) is 0 Å². The van der Waals surface area contributed by atoms with Gasteiger partial charge >= 0.3 is 5.97 Å². The van der Waals surface area contributed by atoms with Crippen molar-refractivity contribution < 1.29 is 9.90 Å². The van der Waals surface area contributed by atoms with E-state index in [4.69, 9.17) is 16.7 Å². The van der Waals surface area contributed by atoms with E-state index >= 15 is 0 Å². The molecule has 0 aliphatic heterocycles. The summed E-state index contributed by atoms with van der Waals surface area (Å²) in [6.45, 7) is 1.88. The number of aromatic carboxylic acids is 1. The molecule has 6 heteroatoms. The minimum Gasteiger partial charge on any atom is -0.477 e. The van der Waals surface area contributed by atoms with Crippen molar-refractivity contribution in [3.63, 3.8) is 0 Å². The summed E-state index contributed by atoms with van der Waals surface area (Å²) in [6, 6.07) is 7.19. The van der Waals surface area contributed by atoms with Crippen LogP contribution in [0.1, 0.15) is 22.3 Å². The first kappa shape index (κ1) is 12.9. The first-order chi connectivity index (χ1) is 8.60. The Morgan fingerprint density at radius 1 is 1.56 bits per heavy atom. The number of rotatable bonds is 4. The molecular weight excluding hydrogens is 272 g/mol. The molecule has 18 heavy (non-hydrogen) atoms. The van der Waals surface area contributed by atoms with Crippen molar-refractivity contribution >= 4 is 39.7 Å². The number of halogens is 1. The molecule has 0 unspecified atom stereocenters. The summed E-state index contributed by atoms with van der Waals surface area (Å²) in [5, 5.41) is 13.3. The van der Waals surface area contributed by atoms with Crippen LogP contribution in [-0.2, 0) is 6.42 Å². The third-order valence-electron chi connectivity index (χ3n) is 2.30. The number of nitrogens with zero attached hydrogens (tertiary/aromatic N) is 1. The van der Waals surface area contributed by atoms with Crippen molar-refractivity contribution in [2.45, 2.75) is 13.3 Å². The van der Waals surface area contributed by atoms with E-state index in [1.54, 1.807) is 12.1 Å². The van der Waals surface area contributed by atoms with Crippen molar-refractivity contribution in [2.24, 2.45) is 0 Å². The average molecular weight is 283 g/mol. The molecule has 94 valence electrons. The lowest BCUT2D eigenvalue weighted by Crippen LogP contribution is -1.97. The Morgan fingerprint density at radius 3 is 2.89 bits per heavy atom. The molecule has 0 aliphatic carbocycles. The topological polar surface area (TPSA) is 62.2 Å². The van der Waals surface area contributed by atoms with Gasteiger partial charge < -0.3 is 10.4 Å². The Bertz CT molecular complexity index is 583. The van der Waals surface area contributed by atoms with Crippen molar-refractivity contribution in [1.29, 1.82) is 0 Å². The summed E-state index contributed by atoms with van der Waals surface area (Å²) in [4.78, 5) is 15.6. The zero-order valence-corrected chi connectivity index (χ0v) is 11.2. The molecule has 4 nitrogen and oxygen atoms in total. The van der Waals surface area contributed by atoms with Gasteiger partial charge in [-0.2, -0.15) is 0 Å². The molecule has 1 heterocycles. The number of nitrogens with one attached hydrogen (secondary N) is 1. The van der Waals surface area contributed by atoms with Gasteiger partial charge in [-0.15, -0.1) is 0 Å². The van der Waals surface area contributed by atoms with Crippen LogP contribution in [0.4, 0.5) is 10.8 Å². The zero-order valence-electron chi connectivity index (χ0n) is 9.61. The van der Waals surface area contributed by atoms with Crippen LogP contribution in [0.5, 0.6) is 0 Å². The van der Waals surface area contributed by atoms with Crippen LogP contribution >= 0.6 is 22.9 Å². The predicted molar refractivity (Wildman–Crippen MR) is 73.2 cm³/mol. The Kier molecular flexibility index (Phi) is 3.84. The number of aryl methyl sites for hydroxylation is 1. The quantitative estimate of drug-likeness (QED) is 0.895. The molecule has 2 rings (SSSR count). The lowest BCUT2D eigenvalue weighted by atomic mass is 10.3. The predicted octanol–water partition coefficient (Wildman–Crippen LogP) is 3.80. The van der Waals surface area contributed by atoms with Crippen LogP contribution in [0, 0.1) is 0 Å². The number of carboxylic acids is 1. The van der Waals surface area contributed by atoms with Crippen LogP contribution in [0.2, 0.25) is 5.02 Å². The molecule has 1 aromatic heterocycles. The zero-order chi connectivity index (χ0) is 13.1. The molecule has 0 saturated carbocycles. The third kappa shape index (κ3) is 2.80. The van der Waals surface area contributed by atoms with Crippen LogP contribution in [0.15, 0.2) is 24.3 Å². The first-order valence-corrected chi connectivity index (χ1v) is 6.55. The van der Waals surface area contributed by atoms with Gasteiger partial charge in [0.2, 0.25) is 0 Å². The maximum Gasteiger partial charge on any atom is 0.347 e. The van der Waals surface area contributed by atoms with E-state index in [-0.39, 0.29) is 4.88 Å². The van der Waals surface area contributed by atoms with Gasteiger partial charge in [-0.05, 0) is 24.6 Å². The number of carboxylic acid groups (broad SMARTS) is 1. The van der Waals surface area contributed by atoms with E-state index in [2.05, 4.69) is 10.3 Å². The van der Waals surface area contributed by atoms with Gasteiger partial charge in [-0.1, -0.05) is 35.9 Å². The largest absolute Gasteiger partial charge is 0.477 e. The molecule has 1 aromatic carbocycles. The van der Waals surface area contributed by atoms with Crippen LogP contribution in [-0.4, -0.2) is 16.1 Å². The van der Waals surface area contributed by atoms with Crippen molar-refractivity contribution in [1.82, 2.24) is 4.98 Å². The molecule has 2 aromatic rings. The summed E-state index contributed by atoms with van der Waals surface area (Å²) in [5.41, 5.74) is 1.38. The van der Waals surface area contributed by atoms with Crippen LogP contribution in [0.3, 0.4) is 0 Å². The lowest BCUT2D eigenvalue weighted by molar-refractivity contribution is 0.0701. The van der Waals surface area contributed by atoms with Crippen molar-refractivity contribution in [3.8, 4) is 0 Å². The second kappa shape index (κ2) is 5.37. The maximum atomic E-state index is 11.0. The Hall–Kier alpha value is -1.59. The smallest absolute Gasteiger partial charge is 0.347 e. The highest BCUT2D eigenvalue weighted by molar-refractivity contribution is 7.17. The van der Waals surface area contributed by atoms with Gasteiger partial charge in [0.15, 0.2) is 5.13 Å². The Morgan fingerprint density at radius 2 is 2.33 bits per heavy atom. The molecule has 0 bridgehead atoms. The summed E-state index contributed by atoms with van der Waals surface area (Å²) in [6.07, 6.45) is 0.593. The van der Waals surface area contributed by atoms with E-state index in [0.717, 1.165) is 17.0 Å². The maximum absolute atomic E-state index is 11.0. The van der Waals surface area contributed by atoms with Crippen LogP contribution < -0.4 is 5.32 Å². The van der Waals surface area contributed by atoms with Crippen molar-refractivity contribution in [2.75, 3.05) is 5.32 Å². The number of thiazole rings is 1. The summed E-state index contributed by atoms with van der Waals surface area (Å²) in [5.74, 6) is -0.941. The van der Waals surface area contributed by atoms with E-state index in [0.29, 0.717) is 22.3 Å². The minimum atomic E-state index is -0.941. The van der Waals surface area contributed by atoms with E-state index < -0.39 is 5.97 Å². The second-order valence-corrected chi connectivity index (χ2v) is 5.02. The van der Waals surface area contributed by atoms with E-state index in [1.807, 2.05) is 19.1 Å². The number of anilines is 2. The number of hydrogen-bond donors (Lipinski definition) is 2. The average Bonchev–Trinajstić information content (AvgIpc) is 2.72. The normalized spacial score (nSPS) is 10.3. The molecule has 0 atom stereocenters. The molecule has 0 spiro atoms. The molecular formula is C12H11ClN2O2S. The third-order valence-corrected chi connectivity index (χ3v) is 3.54. The molecule has 0 fully saturated rings. The number of carbonyl (C=O) groups is 1. The Labute approximate surface area is 113 Å². The van der Waals surface area contributed by atoms with Gasteiger partial charge in [0, 0.05) is 10.7 Å². The monoisotopic (exact) mass is 282 g/mol. The number of aromatic nitrogens is 1. The second-order valence-electron chi connectivity index (χ2n) is 3.59. The fourth-order valence-electron chi connectivity index (χ4n) is 1.50. The molecule has 0 amide bonds. The molecule has 2 N–H and O–H groups in total. The van der Waals surface area contributed by atoms with Crippen molar-refractivity contribution in [3.05, 3.63) is 39.9 Å². The highest BCUT2D eigenvalue weighted by Gasteiger charge is 2.15. The molecule has 0 aliphatic rings. The van der Waals surface area contributed by atoms with Gasteiger partial charge in [0.1, 0.15) is 4.88 Å². The highest BCUT2D eigenvalue weighted by atomic mass is 35.5. The van der Waals surface area contributed by atoms with Gasteiger partial charge in [0.05, 0.1) is 5.69 Å². The first-order valence-electron chi connectivity index (χ1n) is 5.35. The Balaban J connectivity index is 2.27. The van der Waals surface area contributed by atoms with E-state index in [1.165, 1.54) is 0 Å². The van der Waals surface area contributed by atoms with Gasteiger partial charge in [0.25, 0.3) is 0 Å². The standard InChI is InChI=1S/C12H11ClN2O2S/c1-2-9-10(11(16)17)18-12(15-9)14-8-5-3-4-7(13)6-8/h3-6H,2H2,1H3,(H,14,15)(H,16,17). The summed E-state index contributed by atoms with van der Waals surface area (Å²) in [7, 11) is 0. The van der Waals surface area contributed by atoms with E-state index in [9.17, 15) is 4.79 Å². The summed E-state index contributed by atoms with van der Waals surface area (Å²) < 4.78 is 0.